The van der Waals surface area contributed by atoms with E-state index in [9.17, 15) is 9.59 Å². The summed E-state index contributed by atoms with van der Waals surface area (Å²) in [4.78, 5) is 28.3. The number of hydrogen-bond donors (Lipinski definition) is 1. The van der Waals surface area contributed by atoms with Crippen LogP contribution in [0.25, 0.3) is 5.57 Å². The molecule has 0 aliphatic carbocycles. The third kappa shape index (κ3) is 3.89. The van der Waals surface area contributed by atoms with E-state index in [4.69, 9.17) is 4.74 Å². The Labute approximate surface area is 188 Å². The van der Waals surface area contributed by atoms with Crippen molar-refractivity contribution in [2.75, 3.05) is 17.3 Å². The van der Waals surface area contributed by atoms with E-state index >= 15 is 0 Å². The van der Waals surface area contributed by atoms with E-state index in [-0.39, 0.29) is 11.6 Å². The first-order chi connectivity index (χ1) is 15.4. The standard InChI is InChI=1S/C27H26N2O3/c1-5-19-10-13-21(14-11-19)28-25-24(20-12-9-17(2)18(3)15-20)26(30)29(27(25)31)22-7-6-8-23(16-22)32-4/h6-16,28H,5H2,1-4H3. The number of nitrogens with zero attached hydrogens (tertiary/aromatic N) is 1. The second kappa shape index (κ2) is 8.71. The number of methoxy groups -OCH3 is 1. The molecule has 0 aromatic heterocycles. The van der Waals surface area contributed by atoms with Gasteiger partial charge < -0.3 is 10.1 Å². The second-order valence-electron chi connectivity index (χ2n) is 7.87. The number of rotatable bonds is 6. The van der Waals surface area contributed by atoms with E-state index in [1.807, 2.05) is 56.3 Å². The number of amides is 2. The molecule has 162 valence electrons. The summed E-state index contributed by atoms with van der Waals surface area (Å²) in [7, 11) is 1.55. The fourth-order valence-electron chi connectivity index (χ4n) is 3.76. The minimum Gasteiger partial charge on any atom is -0.497 e. The van der Waals surface area contributed by atoms with Crippen LogP contribution in [-0.4, -0.2) is 18.9 Å². The molecule has 0 fully saturated rings. The molecule has 4 rings (SSSR count). The summed E-state index contributed by atoms with van der Waals surface area (Å²) in [5.74, 6) is -0.178. The molecular weight excluding hydrogens is 400 g/mol. The highest BCUT2D eigenvalue weighted by Gasteiger charge is 2.40. The Kier molecular flexibility index (Phi) is 5.82. The highest BCUT2D eigenvalue weighted by molar-refractivity contribution is 6.46. The zero-order valence-corrected chi connectivity index (χ0v) is 18.7. The van der Waals surface area contributed by atoms with Gasteiger partial charge in [-0.15, -0.1) is 0 Å². The maximum absolute atomic E-state index is 13.6. The van der Waals surface area contributed by atoms with Crippen molar-refractivity contribution >= 4 is 28.8 Å². The van der Waals surface area contributed by atoms with Gasteiger partial charge in [0, 0.05) is 11.8 Å². The van der Waals surface area contributed by atoms with Crippen LogP contribution in [0.3, 0.4) is 0 Å². The van der Waals surface area contributed by atoms with Gasteiger partial charge in [-0.25, -0.2) is 4.90 Å². The number of carbonyl (C=O) groups is 2. The molecule has 0 saturated carbocycles. The SMILES string of the molecule is CCc1ccc(NC2=C(c3ccc(C)c(C)c3)C(=O)N(c3cccc(OC)c3)C2=O)cc1. The fraction of sp³-hybridized carbons (Fsp3) is 0.185. The summed E-state index contributed by atoms with van der Waals surface area (Å²) < 4.78 is 5.29. The number of aryl methyl sites for hydroxylation is 3. The van der Waals surface area contributed by atoms with Gasteiger partial charge in [-0.2, -0.15) is 0 Å². The molecule has 0 saturated heterocycles. The first-order valence-electron chi connectivity index (χ1n) is 10.6. The van der Waals surface area contributed by atoms with Crippen LogP contribution in [0.15, 0.2) is 72.4 Å². The largest absolute Gasteiger partial charge is 0.497 e. The zero-order chi connectivity index (χ0) is 22.8. The van der Waals surface area contributed by atoms with Crippen LogP contribution in [0.5, 0.6) is 5.75 Å². The molecule has 3 aromatic rings. The minimum absolute atomic E-state index is 0.269. The van der Waals surface area contributed by atoms with Gasteiger partial charge in [0.2, 0.25) is 0 Å². The maximum atomic E-state index is 13.6. The summed E-state index contributed by atoms with van der Waals surface area (Å²) >= 11 is 0. The van der Waals surface area contributed by atoms with E-state index < -0.39 is 5.91 Å². The van der Waals surface area contributed by atoms with Gasteiger partial charge in [0.1, 0.15) is 11.4 Å². The van der Waals surface area contributed by atoms with Crippen molar-refractivity contribution in [3.63, 3.8) is 0 Å². The van der Waals surface area contributed by atoms with Crippen LogP contribution in [-0.2, 0) is 16.0 Å². The van der Waals surface area contributed by atoms with Crippen LogP contribution in [0.2, 0.25) is 0 Å². The van der Waals surface area contributed by atoms with E-state index in [0.717, 1.165) is 23.2 Å². The minimum atomic E-state index is -0.393. The van der Waals surface area contributed by atoms with Gasteiger partial charge in [-0.3, -0.25) is 9.59 Å². The Bertz CT molecular complexity index is 1230. The Morgan fingerprint density at radius 1 is 0.875 bits per heavy atom. The van der Waals surface area contributed by atoms with Crippen molar-refractivity contribution in [1.29, 1.82) is 0 Å². The molecule has 0 unspecified atom stereocenters. The molecule has 2 amide bonds. The van der Waals surface area contributed by atoms with Crippen LogP contribution < -0.4 is 15.0 Å². The molecule has 3 aromatic carbocycles. The van der Waals surface area contributed by atoms with Crippen molar-refractivity contribution in [1.82, 2.24) is 0 Å². The molecule has 0 spiro atoms. The molecule has 1 N–H and O–H groups in total. The number of anilines is 2. The average molecular weight is 427 g/mol. The lowest BCUT2D eigenvalue weighted by atomic mass is 9.99. The summed E-state index contributed by atoms with van der Waals surface area (Å²) in [6.07, 6.45) is 0.928. The highest BCUT2D eigenvalue weighted by atomic mass is 16.5. The molecule has 5 nitrogen and oxygen atoms in total. The lowest BCUT2D eigenvalue weighted by molar-refractivity contribution is -0.120. The van der Waals surface area contributed by atoms with E-state index in [1.165, 1.54) is 10.5 Å². The third-order valence-electron chi connectivity index (χ3n) is 5.82. The molecule has 32 heavy (non-hydrogen) atoms. The van der Waals surface area contributed by atoms with Gasteiger partial charge in [0.15, 0.2) is 0 Å². The first kappa shape index (κ1) is 21.4. The number of imide groups is 1. The molecular formula is C27H26N2O3. The van der Waals surface area contributed by atoms with E-state index in [2.05, 4.69) is 12.2 Å². The molecule has 5 heteroatoms. The summed E-state index contributed by atoms with van der Waals surface area (Å²) in [6, 6.07) is 20.6. The Hall–Kier alpha value is -3.86. The number of nitrogens with one attached hydrogen (secondary N) is 1. The van der Waals surface area contributed by atoms with Gasteiger partial charge in [0.25, 0.3) is 11.8 Å². The number of carbonyl (C=O) groups excluding carboxylic acids is 2. The van der Waals surface area contributed by atoms with Crippen molar-refractivity contribution in [2.24, 2.45) is 0 Å². The molecule has 1 heterocycles. The summed E-state index contributed by atoms with van der Waals surface area (Å²) in [5.41, 5.74) is 5.95. The third-order valence-corrected chi connectivity index (χ3v) is 5.82. The normalized spacial score (nSPS) is 13.7. The topological polar surface area (TPSA) is 58.6 Å². The van der Waals surface area contributed by atoms with Crippen LogP contribution in [0, 0.1) is 13.8 Å². The number of hydrogen-bond acceptors (Lipinski definition) is 4. The predicted octanol–water partition coefficient (Wildman–Crippen LogP) is 5.27. The number of benzene rings is 3. The first-order valence-corrected chi connectivity index (χ1v) is 10.6. The zero-order valence-electron chi connectivity index (χ0n) is 18.7. The predicted molar refractivity (Wildman–Crippen MR) is 128 cm³/mol. The molecule has 0 bridgehead atoms. The smallest absolute Gasteiger partial charge is 0.282 e. The molecule has 0 atom stereocenters. The van der Waals surface area contributed by atoms with Crippen molar-refractivity contribution in [3.8, 4) is 5.75 Å². The van der Waals surface area contributed by atoms with Crippen molar-refractivity contribution in [2.45, 2.75) is 27.2 Å². The van der Waals surface area contributed by atoms with E-state index in [0.29, 0.717) is 22.6 Å². The summed E-state index contributed by atoms with van der Waals surface area (Å²) in [5, 5.41) is 3.22. The lowest BCUT2D eigenvalue weighted by Gasteiger charge is -2.16. The molecule has 1 aliphatic heterocycles. The Balaban J connectivity index is 1.81. The monoisotopic (exact) mass is 426 g/mol. The van der Waals surface area contributed by atoms with Gasteiger partial charge in [-0.1, -0.05) is 43.3 Å². The maximum Gasteiger partial charge on any atom is 0.282 e. The fourth-order valence-corrected chi connectivity index (χ4v) is 3.76. The molecule has 0 radical (unpaired) electrons. The van der Waals surface area contributed by atoms with Gasteiger partial charge in [0.05, 0.1) is 18.4 Å². The average Bonchev–Trinajstić information content (AvgIpc) is 3.05. The Morgan fingerprint density at radius 2 is 1.62 bits per heavy atom. The highest BCUT2D eigenvalue weighted by Crippen LogP contribution is 2.35. The van der Waals surface area contributed by atoms with Crippen LogP contribution in [0.4, 0.5) is 11.4 Å². The van der Waals surface area contributed by atoms with Gasteiger partial charge >= 0.3 is 0 Å². The summed E-state index contributed by atoms with van der Waals surface area (Å²) in [6.45, 7) is 6.11. The van der Waals surface area contributed by atoms with Crippen LogP contribution >= 0.6 is 0 Å². The quantitative estimate of drug-likeness (QED) is 0.546. The van der Waals surface area contributed by atoms with Crippen molar-refractivity contribution in [3.05, 3.63) is 94.7 Å². The Morgan fingerprint density at radius 3 is 2.28 bits per heavy atom. The molecule has 1 aliphatic rings. The van der Waals surface area contributed by atoms with E-state index in [1.54, 1.807) is 31.4 Å². The lowest BCUT2D eigenvalue weighted by Crippen LogP contribution is -2.32. The second-order valence-corrected chi connectivity index (χ2v) is 7.87. The van der Waals surface area contributed by atoms with Crippen molar-refractivity contribution < 1.29 is 14.3 Å². The number of ether oxygens (including phenoxy) is 1. The van der Waals surface area contributed by atoms with Gasteiger partial charge in [-0.05, 0) is 66.8 Å². The van der Waals surface area contributed by atoms with Crippen LogP contribution in [0.1, 0.15) is 29.2 Å².